The first-order chi connectivity index (χ1) is 14.1. The quantitative estimate of drug-likeness (QED) is 0.733. The minimum absolute atomic E-state index is 0.143. The van der Waals surface area contributed by atoms with E-state index < -0.39 is 11.5 Å². The lowest BCUT2D eigenvalue weighted by atomic mass is 9.88. The predicted molar refractivity (Wildman–Crippen MR) is 107 cm³/mol. The van der Waals surface area contributed by atoms with Crippen LogP contribution in [-0.2, 0) is 27.4 Å². The van der Waals surface area contributed by atoms with Crippen LogP contribution in [0, 0.1) is 12.8 Å². The Labute approximate surface area is 170 Å². The van der Waals surface area contributed by atoms with Gasteiger partial charge in [-0.2, -0.15) is 0 Å². The van der Waals surface area contributed by atoms with Gasteiger partial charge in [0.25, 0.3) is 5.91 Å². The summed E-state index contributed by atoms with van der Waals surface area (Å²) < 4.78 is 7.96. The normalized spacial score (nSPS) is 24.6. The van der Waals surface area contributed by atoms with Gasteiger partial charge in [-0.15, -0.1) is 0 Å². The van der Waals surface area contributed by atoms with E-state index in [9.17, 15) is 9.59 Å². The maximum Gasteiger partial charge on any atom is 0.254 e. The molecule has 4 rings (SSSR count). The summed E-state index contributed by atoms with van der Waals surface area (Å²) in [4.78, 5) is 32.2. The average Bonchev–Trinajstić information content (AvgIpc) is 3.29. The Morgan fingerprint density at radius 1 is 1.38 bits per heavy atom. The van der Waals surface area contributed by atoms with E-state index in [0.717, 1.165) is 11.4 Å². The van der Waals surface area contributed by atoms with Crippen LogP contribution < -0.4 is 10.6 Å². The molecule has 2 atom stereocenters. The molecule has 0 aliphatic carbocycles. The molecule has 29 heavy (non-hydrogen) atoms. The van der Waals surface area contributed by atoms with Crippen molar-refractivity contribution in [1.29, 1.82) is 0 Å². The minimum Gasteiger partial charge on any atom is -0.361 e. The zero-order chi connectivity index (χ0) is 20.3. The third-order valence-electron chi connectivity index (χ3n) is 5.73. The minimum atomic E-state index is -1.12. The van der Waals surface area contributed by atoms with Gasteiger partial charge in [0, 0.05) is 51.7 Å². The number of imidazole rings is 1. The van der Waals surface area contributed by atoms with Crippen molar-refractivity contribution >= 4 is 11.8 Å². The lowest BCUT2D eigenvalue weighted by Crippen LogP contribution is -2.62. The number of carbonyl (C=O) groups is 2. The molecule has 2 saturated heterocycles. The maximum atomic E-state index is 13.1. The molecule has 154 valence electrons. The Balaban J connectivity index is 1.45. The highest BCUT2D eigenvalue weighted by molar-refractivity contribution is 5.94. The number of hydrogen-bond acceptors (Lipinski definition) is 5. The fourth-order valence-corrected chi connectivity index (χ4v) is 4.22. The van der Waals surface area contributed by atoms with Gasteiger partial charge < -0.3 is 19.9 Å². The van der Waals surface area contributed by atoms with Crippen LogP contribution in [0.5, 0.6) is 0 Å². The van der Waals surface area contributed by atoms with Crippen molar-refractivity contribution < 1.29 is 14.3 Å². The number of aromatic nitrogens is 2. The lowest BCUT2D eigenvalue weighted by molar-refractivity contribution is -0.163. The molecule has 8 nitrogen and oxygen atoms in total. The summed E-state index contributed by atoms with van der Waals surface area (Å²) in [5.74, 6) is 0.0244. The number of nitrogens with zero attached hydrogens (tertiary/aromatic N) is 3. The number of carbonyl (C=O) groups excluding carboxylic acids is 2. The third kappa shape index (κ3) is 4.04. The summed E-state index contributed by atoms with van der Waals surface area (Å²) in [6, 6.07) is 10.1. The number of rotatable bonds is 6. The van der Waals surface area contributed by atoms with Gasteiger partial charge in [0.1, 0.15) is 5.82 Å². The Morgan fingerprint density at radius 2 is 2.21 bits per heavy atom. The first kappa shape index (κ1) is 19.6. The Kier molecular flexibility index (Phi) is 5.64. The highest BCUT2D eigenvalue weighted by atomic mass is 16.5. The van der Waals surface area contributed by atoms with Crippen LogP contribution in [0.25, 0.3) is 0 Å². The molecule has 0 bridgehead atoms. The van der Waals surface area contributed by atoms with Crippen LogP contribution in [0.2, 0.25) is 0 Å². The smallest absolute Gasteiger partial charge is 0.254 e. The monoisotopic (exact) mass is 397 g/mol. The van der Waals surface area contributed by atoms with E-state index in [0.29, 0.717) is 45.9 Å². The fourth-order valence-electron chi connectivity index (χ4n) is 4.22. The van der Waals surface area contributed by atoms with E-state index in [4.69, 9.17) is 4.74 Å². The third-order valence-corrected chi connectivity index (χ3v) is 5.73. The van der Waals surface area contributed by atoms with Crippen LogP contribution in [0.3, 0.4) is 0 Å². The second kappa shape index (κ2) is 8.34. The molecule has 0 unspecified atom stereocenters. The number of amides is 2. The average molecular weight is 397 g/mol. The summed E-state index contributed by atoms with van der Waals surface area (Å²) in [5, 5.41) is 5.88. The van der Waals surface area contributed by atoms with Crippen molar-refractivity contribution in [1.82, 2.24) is 25.1 Å². The standard InChI is InChI=1S/C21H27N5O3/c1-16-22-7-10-26(16)11-8-23-19(27)18-14-25(13-17-5-3-2-4-6-17)15-21(18)20(28)24-9-12-29-21/h2-7,10,18H,8-9,11-15H2,1H3,(H,23,27)(H,24,28)/t18-,21-/m1/s1. The summed E-state index contributed by atoms with van der Waals surface area (Å²) in [6.07, 6.45) is 3.63. The lowest BCUT2D eigenvalue weighted by Gasteiger charge is -2.36. The summed E-state index contributed by atoms with van der Waals surface area (Å²) in [6.45, 7) is 5.51. The van der Waals surface area contributed by atoms with E-state index >= 15 is 0 Å². The van der Waals surface area contributed by atoms with Crippen molar-refractivity contribution in [2.75, 3.05) is 32.8 Å². The molecule has 3 heterocycles. The van der Waals surface area contributed by atoms with Gasteiger partial charge >= 0.3 is 0 Å². The largest absolute Gasteiger partial charge is 0.361 e. The molecule has 0 radical (unpaired) electrons. The van der Waals surface area contributed by atoms with Crippen molar-refractivity contribution in [3.63, 3.8) is 0 Å². The number of benzene rings is 1. The number of nitrogens with one attached hydrogen (secondary N) is 2. The van der Waals surface area contributed by atoms with E-state index in [-0.39, 0.29) is 11.8 Å². The molecule has 2 N–H and O–H groups in total. The van der Waals surface area contributed by atoms with Gasteiger partial charge in [0.15, 0.2) is 5.60 Å². The Bertz CT molecular complexity index is 868. The first-order valence-corrected chi connectivity index (χ1v) is 10.0. The molecule has 2 fully saturated rings. The summed E-state index contributed by atoms with van der Waals surface area (Å²) in [7, 11) is 0. The molecule has 1 spiro atoms. The Hall–Kier alpha value is -2.71. The number of hydrogen-bond donors (Lipinski definition) is 2. The predicted octanol–water partition coefficient (Wildman–Crippen LogP) is 0.325. The number of aryl methyl sites for hydroxylation is 1. The summed E-state index contributed by atoms with van der Waals surface area (Å²) in [5.41, 5.74) is 0.0256. The molecular weight excluding hydrogens is 370 g/mol. The number of ether oxygens (including phenoxy) is 1. The SMILES string of the molecule is Cc1nccn1CCNC(=O)[C@H]1CN(Cc2ccccc2)C[C@@]12OCCNC2=O. The van der Waals surface area contributed by atoms with E-state index in [1.165, 1.54) is 0 Å². The van der Waals surface area contributed by atoms with Crippen LogP contribution in [0.4, 0.5) is 0 Å². The van der Waals surface area contributed by atoms with Crippen molar-refractivity contribution in [2.45, 2.75) is 25.6 Å². The molecule has 2 aliphatic rings. The van der Waals surface area contributed by atoms with Crippen molar-refractivity contribution in [3.8, 4) is 0 Å². The second-order valence-corrected chi connectivity index (χ2v) is 7.66. The van der Waals surface area contributed by atoms with E-state index in [1.54, 1.807) is 6.20 Å². The number of morpholine rings is 1. The van der Waals surface area contributed by atoms with Gasteiger partial charge in [-0.3, -0.25) is 14.5 Å². The van der Waals surface area contributed by atoms with Gasteiger partial charge in [0.2, 0.25) is 5.91 Å². The van der Waals surface area contributed by atoms with Crippen LogP contribution in [0.15, 0.2) is 42.7 Å². The van der Waals surface area contributed by atoms with Crippen LogP contribution in [-0.4, -0.2) is 64.7 Å². The van der Waals surface area contributed by atoms with Gasteiger partial charge in [0.05, 0.1) is 12.5 Å². The molecule has 1 aromatic heterocycles. The maximum absolute atomic E-state index is 13.1. The molecule has 2 aliphatic heterocycles. The number of likely N-dealkylation sites (tertiary alicyclic amines) is 1. The highest BCUT2D eigenvalue weighted by Crippen LogP contribution is 2.34. The van der Waals surface area contributed by atoms with E-state index in [1.807, 2.05) is 35.9 Å². The molecule has 1 aromatic carbocycles. The topological polar surface area (TPSA) is 88.5 Å². The van der Waals surface area contributed by atoms with Crippen molar-refractivity contribution in [3.05, 3.63) is 54.1 Å². The zero-order valence-electron chi connectivity index (χ0n) is 16.6. The first-order valence-electron chi connectivity index (χ1n) is 10.0. The fraction of sp³-hybridized carbons (Fsp3) is 0.476. The van der Waals surface area contributed by atoms with Gasteiger partial charge in [-0.05, 0) is 12.5 Å². The van der Waals surface area contributed by atoms with Gasteiger partial charge in [-0.1, -0.05) is 30.3 Å². The highest BCUT2D eigenvalue weighted by Gasteiger charge is 2.57. The van der Waals surface area contributed by atoms with Crippen LogP contribution in [0.1, 0.15) is 11.4 Å². The van der Waals surface area contributed by atoms with Crippen molar-refractivity contribution in [2.24, 2.45) is 5.92 Å². The van der Waals surface area contributed by atoms with E-state index in [2.05, 4.69) is 32.7 Å². The molecule has 0 saturated carbocycles. The zero-order valence-corrected chi connectivity index (χ0v) is 16.6. The molecule has 8 heteroatoms. The summed E-state index contributed by atoms with van der Waals surface area (Å²) >= 11 is 0. The molecular formula is C21H27N5O3. The van der Waals surface area contributed by atoms with Gasteiger partial charge in [-0.25, -0.2) is 4.98 Å². The van der Waals surface area contributed by atoms with Crippen LogP contribution >= 0.6 is 0 Å². The molecule has 2 amide bonds. The second-order valence-electron chi connectivity index (χ2n) is 7.66. The Morgan fingerprint density at radius 3 is 2.93 bits per heavy atom. The molecule has 2 aromatic rings.